The fourth-order valence-corrected chi connectivity index (χ4v) is 3.34. The molecule has 0 aliphatic heterocycles. The second kappa shape index (κ2) is 5.79. The molecule has 0 spiro atoms. The van der Waals surface area contributed by atoms with Crippen molar-refractivity contribution in [3.05, 3.63) is 41.9 Å². The van der Waals surface area contributed by atoms with E-state index in [0.29, 0.717) is 23.0 Å². The van der Waals surface area contributed by atoms with Crippen LogP contribution in [0.1, 0.15) is 11.5 Å². The molecule has 1 aromatic heterocycles. The Bertz CT molecular complexity index is 720. The van der Waals surface area contributed by atoms with E-state index in [-0.39, 0.29) is 11.4 Å². The van der Waals surface area contributed by atoms with E-state index in [9.17, 15) is 8.42 Å². The number of nitrogens with two attached hydrogens (primary N) is 1. The SMILES string of the molecule is COc1ccc(N(C)S(=O)(=O)c2cc(CN)oc2C)cc1. The molecule has 0 aliphatic rings. The molecule has 2 aromatic rings. The maximum Gasteiger partial charge on any atom is 0.267 e. The molecule has 0 saturated heterocycles. The predicted molar refractivity (Wildman–Crippen MR) is 79.9 cm³/mol. The number of hydrogen-bond donors (Lipinski definition) is 1. The lowest BCUT2D eigenvalue weighted by Crippen LogP contribution is -2.26. The van der Waals surface area contributed by atoms with E-state index in [4.69, 9.17) is 14.9 Å². The van der Waals surface area contributed by atoms with Crippen molar-refractivity contribution in [3.8, 4) is 5.75 Å². The van der Waals surface area contributed by atoms with Gasteiger partial charge in [-0.25, -0.2) is 8.42 Å². The van der Waals surface area contributed by atoms with Gasteiger partial charge in [0, 0.05) is 13.1 Å². The average Bonchev–Trinajstić information content (AvgIpc) is 2.88. The molecule has 2 N–H and O–H groups in total. The van der Waals surface area contributed by atoms with Crippen molar-refractivity contribution in [2.45, 2.75) is 18.4 Å². The molecule has 0 amide bonds. The summed E-state index contributed by atoms with van der Waals surface area (Å²) in [5, 5.41) is 0. The molecule has 0 saturated carbocycles. The lowest BCUT2D eigenvalue weighted by Gasteiger charge is -2.19. The molecule has 0 radical (unpaired) electrons. The first-order valence-electron chi connectivity index (χ1n) is 6.32. The molecule has 0 atom stereocenters. The number of nitrogens with zero attached hydrogens (tertiary/aromatic N) is 1. The van der Waals surface area contributed by atoms with E-state index in [2.05, 4.69) is 0 Å². The molecule has 7 heteroatoms. The fourth-order valence-electron chi connectivity index (χ4n) is 1.96. The Balaban J connectivity index is 2.39. The number of aryl methyl sites for hydroxylation is 1. The van der Waals surface area contributed by atoms with Crippen LogP contribution in [0.5, 0.6) is 5.75 Å². The van der Waals surface area contributed by atoms with Crippen LogP contribution in [0.25, 0.3) is 0 Å². The molecule has 0 fully saturated rings. The first-order valence-corrected chi connectivity index (χ1v) is 7.76. The highest BCUT2D eigenvalue weighted by Crippen LogP contribution is 2.27. The van der Waals surface area contributed by atoms with E-state index in [1.807, 2.05) is 0 Å². The number of rotatable bonds is 5. The molecule has 1 aromatic carbocycles. The Morgan fingerprint density at radius 1 is 1.29 bits per heavy atom. The smallest absolute Gasteiger partial charge is 0.267 e. The minimum atomic E-state index is -3.69. The van der Waals surface area contributed by atoms with Gasteiger partial charge in [0.1, 0.15) is 22.2 Å². The Kier molecular flexibility index (Phi) is 4.24. The quantitative estimate of drug-likeness (QED) is 0.911. The second-order valence-electron chi connectivity index (χ2n) is 4.51. The van der Waals surface area contributed by atoms with Gasteiger partial charge in [-0.05, 0) is 31.2 Å². The van der Waals surface area contributed by atoms with Crippen LogP contribution >= 0.6 is 0 Å². The van der Waals surface area contributed by atoms with Gasteiger partial charge in [0.25, 0.3) is 10.0 Å². The van der Waals surface area contributed by atoms with Crippen molar-refractivity contribution in [2.75, 3.05) is 18.5 Å². The van der Waals surface area contributed by atoms with Crippen molar-refractivity contribution in [1.29, 1.82) is 0 Å². The van der Waals surface area contributed by atoms with Gasteiger partial charge < -0.3 is 14.9 Å². The standard InChI is InChI=1S/C14H18N2O4S/c1-10-14(8-13(9-15)20-10)21(17,18)16(2)11-4-6-12(19-3)7-5-11/h4-8H,9,15H2,1-3H3. The highest BCUT2D eigenvalue weighted by molar-refractivity contribution is 7.92. The molecular formula is C14H18N2O4S. The molecule has 0 bridgehead atoms. The molecule has 0 unspecified atom stereocenters. The number of furan rings is 1. The minimum Gasteiger partial charge on any atom is -0.497 e. The average molecular weight is 310 g/mol. The number of benzene rings is 1. The highest BCUT2D eigenvalue weighted by Gasteiger charge is 2.26. The van der Waals surface area contributed by atoms with Crippen molar-refractivity contribution in [3.63, 3.8) is 0 Å². The van der Waals surface area contributed by atoms with E-state index in [1.165, 1.54) is 17.4 Å². The summed E-state index contributed by atoms with van der Waals surface area (Å²) in [6.45, 7) is 1.76. The molecule has 6 nitrogen and oxygen atoms in total. The van der Waals surface area contributed by atoms with Crippen LogP contribution in [0, 0.1) is 6.92 Å². The predicted octanol–water partition coefficient (Wildman–Crippen LogP) is 1.88. The maximum absolute atomic E-state index is 12.6. The van der Waals surface area contributed by atoms with Crippen molar-refractivity contribution >= 4 is 15.7 Å². The third kappa shape index (κ3) is 2.88. The minimum absolute atomic E-state index is 0.126. The van der Waals surface area contributed by atoms with Crippen LogP contribution in [-0.2, 0) is 16.6 Å². The van der Waals surface area contributed by atoms with Gasteiger partial charge in [-0.15, -0.1) is 0 Å². The summed E-state index contributed by atoms with van der Waals surface area (Å²) in [7, 11) is -0.642. The Morgan fingerprint density at radius 2 is 1.90 bits per heavy atom. The van der Waals surface area contributed by atoms with Gasteiger partial charge >= 0.3 is 0 Å². The maximum atomic E-state index is 12.6. The van der Waals surface area contributed by atoms with Gasteiger partial charge in [0.15, 0.2) is 0 Å². The van der Waals surface area contributed by atoms with Crippen LogP contribution in [0.3, 0.4) is 0 Å². The van der Waals surface area contributed by atoms with Crippen LogP contribution < -0.4 is 14.8 Å². The lowest BCUT2D eigenvalue weighted by atomic mass is 10.3. The molecule has 1 heterocycles. The van der Waals surface area contributed by atoms with E-state index in [1.54, 1.807) is 38.3 Å². The molecule has 0 aliphatic carbocycles. The highest BCUT2D eigenvalue weighted by atomic mass is 32.2. The topological polar surface area (TPSA) is 85.8 Å². The zero-order chi connectivity index (χ0) is 15.6. The summed E-state index contributed by atoms with van der Waals surface area (Å²) >= 11 is 0. The molecule has 21 heavy (non-hydrogen) atoms. The number of methoxy groups -OCH3 is 1. The fraction of sp³-hybridized carbons (Fsp3) is 0.286. The van der Waals surface area contributed by atoms with Gasteiger partial charge in [-0.2, -0.15) is 0 Å². The van der Waals surface area contributed by atoms with Crippen LogP contribution in [-0.4, -0.2) is 22.6 Å². The van der Waals surface area contributed by atoms with Gasteiger partial charge in [-0.3, -0.25) is 4.31 Å². The van der Waals surface area contributed by atoms with Crippen LogP contribution in [0.15, 0.2) is 39.6 Å². The lowest BCUT2D eigenvalue weighted by molar-refractivity contribution is 0.415. The van der Waals surface area contributed by atoms with Crippen molar-refractivity contribution in [1.82, 2.24) is 0 Å². The van der Waals surface area contributed by atoms with Crippen molar-refractivity contribution < 1.29 is 17.6 Å². The number of anilines is 1. The van der Waals surface area contributed by atoms with Crippen LogP contribution in [0.4, 0.5) is 5.69 Å². The number of ether oxygens (including phenoxy) is 1. The largest absolute Gasteiger partial charge is 0.497 e. The zero-order valence-electron chi connectivity index (χ0n) is 12.2. The Morgan fingerprint density at radius 3 is 2.38 bits per heavy atom. The summed E-state index contributed by atoms with van der Waals surface area (Å²) < 4.78 is 36.8. The zero-order valence-corrected chi connectivity index (χ0v) is 13.0. The molecule has 2 rings (SSSR count). The Hall–Kier alpha value is -1.99. The summed E-state index contributed by atoms with van der Waals surface area (Å²) in [4.78, 5) is 0.126. The number of hydrogen-bond acceptors (Lipinski definition) is 5. The summed E-state index contributed by atoms with van der Waals surface area (Å²) in [5.41, 5.74) is 6.01. The summed E-state index contributed by atoms with van der Waals surface area (Å²) in [6, 6.07) is 8.22. The van der Waals surface area contributed by atoms with Gasteiger partial charge in [0.2, 0.25) is 0 Å². The van der Waals surface area contributed by atoms with E-state index >= 15 is 0 Å². The Labute approximate surface area is 124 Å². The van der Waals surface area contributed by atoms with E-state index in [0.717, 1.165) is 0 Å². The van der Waals surface area contributed by atoms with Crippen LogP contribution in [0.2, 0.25) is 0 Å². The van der Waals surface area contributed by atoms with Gasteiger partial charge in [-0.1, -0.05) is 0 Å². The summed E-state index contributed by atoms with van der Waals surface area (Å²) in [5.74, 6) is 1.43. The van der Waals surface area contributed by atoms with Gasteiger partial charge in [0.05, 0.1) is 19.3 Å². The first-order chi connectivity index (χ1) is 9.90. The third-order valence-electron chi connectivity index (χ3n) is 3.20. The normalized spacial score (nSPS) is 11.4. The van der Waals surface area contributed by atoms with E-state index < -0.39 is 10.0 Å². The third-order valence-corrected chi connectivity index (χ3v) is 5.09. The number of sulfonamides is 1. The molecule has 114 valence electrons. The summed E-state index contributed by atoms with van der Waals surface area (Å²) in [6.07, 6.45) is 0. The second-order valence-corrected chi connectivity index (χ2v) is 6.45. The molecular weight excluding hydrogens is 292 g/mol. The van der Waals surface area contributed by atoms with Crippen molar-refractivity contribution in [2.24, 2.45) is 5.73 Å². The monoisotopic (exact) mass is 310 g/mol. The first kappa shape index (κ1) is 15.4.